The number of rotatable bonds is 0. The molecular formula is C14H21F2SiZr. The summed E-state index contributed by atoms with van der Waals surface area (Å²) in [5, 5.41) is 0. The molecule has 0 N–H and O–H groups in total. The quantitative estimate of drug-likeness (QED) is 0.349. The predicted molar refractivity (Wildman–Crippen MR) is 71.3 cm³/mol. The fourth-order valence-electron chi connectivity index (χ4n) is 1.03. The van der Waals surface area contributed by atoms with Gasteiger partial charge in [0.25, 0.3) is 0 Å². The predicted octanol–water partition coefficient (Wildman–Crippen LogP) is -2.08. The number of allylic oxidation sites excluding steroid dienone is 8. The first-order chi connectivity index (χ1) is 7.20. The van der Waals surface area contributed by atoms with Gasteiger partial charge >= 0.3 is 26.2 Å². The van der Waals surface area contributed by atoms with E-state index >= 15 is 0 Å². The second kappa shape index (κ2) is 19.3. The van der Waals surface area contributed by atoms with E-state index in [0.717, 1.165) is 22.4 Å². The first-order valence-electron chi connectivity index (χ1n) is 5.42. The summed E-state index contributed by atoms with van der Waals surface area (Å²) in [6.45, 7) is 8.53. The minimum absolute atomic E-state index is 0. The Balaban J connectivity index is -0.0000000793. The van der Waals surface area contributed by atoms with E-state index in [0.29, 0.717) is 0 Å². The Morgan fingerprint density at radius 3 is 1.22 bits per heavy atom. The van der Waals surface area contributed by atoms with Crippen molar-refractivity contribution in [1.29, 1.82) is 0 Å². The first-order valence-corrected chi connectivity index (χ1v) is 7.73. The van der Waals surface area contributed by atoms with Gasteiger partial charge in [-0.1, -0.05) is 26.9 Å². The SMILES string of the molecule is CC1=[C-]CC=C1.CC1=[C-]CC=C1.C[SiH]C.[F-].[F-].[Zr+4]. The fraction of sp³-hybridized carbons (Fsp3) is 0.429. The van der Waals surface area contributed by atoms with Crippen LogP contribution in [0.3, 0.4) is 0 Å². The maximum absolute atomic E-state index is 3.12. The van der Waals surface area contributed by atoms with Crippen LogP contribution in [-0.4, -0.2) is 9.52 Å². The third-order valence-corrected chi connectivity index (χ3v) is 1.73. The molecular weight excluding hydrogens is 325 g/mol. The Kier molecular flexibility index (Phi) is 28.3. The van der Waals surface area contributed by atoms with Gasteiger partial charge in [-0.3, -0.25) is 12.2 Å². The number of hydrogen-bond donors (Lipinski definition) is 0. The van der Waals surface area contributed by atoms with E-state index in [9.17, 15) is 0 Å². The normalized spacial score (nSPS) is 13.3. The molecule has 0 heterocycles. The molecule has 0 atom stereocenters. The van der Waals surface area contributed by atoms with Crippen molar-refractivity contribution in [3.63, 3.8) is 0 Å². The van der Waals surface area contributed by atoms with E-state index in [1.165, 1.54) is 11.1 Å². The van der Waals surface area contributed by atoms with Crippen molar-refractivity contribution in [1.82, 2.24) is 0 Å². The molecule has 0 aliphatic heterocycles. The monoisotopic (exact) mass is 345 g/mol. The van der Waals surface area contributed by atoms with Gasteiger partial charge in [0.05, 0.1) is 0 Å². The second-order valence-corrected chi connectivity index (χ2v) is 4.66. The van der Waals surface area contributed by atoms with E-state index in [4.69, 9.17) is 0 Å². The molecule has 18 heavy (non-hydrogen) atoms. The summed E-state index contributed by atoms with van der Waals surface area (Å²) in [6, 6.07) is 0. The molecule has 99 valence electrons. The molecule has 2 aliphatic carbocycles. The van der Waals surface area contributed by atoms with Crippen molar-refractivity contribution in [3.8, 4) is 0 Å². The third kappa shape index (κ3) is 18.3. The Bertz CT molecular complexity index is 248. The van der Waals surface area contributed by atoms with Crippen LogP contribution in [0.1, 0.15) is 26.7 Å². The zero-order chi connectivity index (χ0) is 11.5. The maximum Gasteiger partial charge on any atom is 4.00 e. The summed E-state index contributed by atoms with van der Waals surface area (Å²) < 4.78 is 0. The van der Waals surface area contributed by atoms with Crippen LogP contribution in [0, 0.1) is 12.2 Å². The number of hydrogen-bond acceptors (Lipinski definition) is 0. The fourth-order valence-corrected chi connectivity index (χ4v) is 1.03. The topological polar surface area (TPSA) is 0 Å². The van der Waals surface area contributed by atoms with E-state index in [1.54, 1.807) is 0 Å². The summed E-state index contributed by atoms with van der Waals surface area (Å²) in [5.41, 5.74) is 2.55. The van der Waals surface area contributed by atoms with Crippen molar-refractivity contribution in [2.75, 3.05) is 0 Å². The van der Waals surface area contributed by atoms with Crippen LogP contribution in [0.4, 0.5) is 0 Å². The molecule has 0 aromatic heterocycles. The van der Waals surface area contributed by atoms with E-state index in [-0.39, 0.29) is 35.6 Å². The summed E-state index contributed by atoms with van der Waals surface area (Å²) in [7, 11) is 0.750. The molecule has 0 nitrogen and oxygen atoms in total. The Labute approximate surface area is 132 Å². The first kappa shape index (κ1) is 26.5. The Hall–Kier alpha value is -0.0800. The van der Waals surface area contributed by atoms with Gasteiger partial charge in [0, 0.05) is 9.52 Å². The zero-order valence-corrected chi connectivity index (χ0v) is 15.2. The molecule has 0 amide bonds. The summed E-state index contributed by atoms with van der Waals surface area (Å²) >= 11 is 0. The van der Waals surface area contributed by atoms with Crippen LogP contribution < -0.4 is 9.41 Å². The smallest absolute Gasteiger partial charge is 1.00 e. The molecule has 0 saturated heterocycles. The van der Waals surface area contributed by atoms with Gasteiger partial charge in [0.1, 0.15) is 0 Å². The second-order valence-electron chi connectivity index (χ2n) is 3.51. The Morgan fingerprint density at radius 1 is 0.889 bits per heavy atom. The molecule has 0 unspecified atom stereocenters. The molecule has 2 rings (SSSR count). The molecule has 0 spiro atoms. The van der Waals surface area contributed by atoms with E-state index < -0.39 is 0 Å². The van der Waals surface area contributed by atoms with Crippen LogP contribution in [0.25, 0.3) is 0 Å². The van der Waals surface area contributed by atoms with Crippen molar-refractivity contribution in [2.45, 2.75) is 39.8 Å². The van der Waals surface area contributed by atoms with Gasteiger partial charge in [0.2, 0.25) is 0 Å². The van der Waals surface area contributed by atoms with Crippen LogP contribution in [-0.2, 0) is 26.2 Å². The van der Waals surface area contributed by atoms with Crippen molar-refractivity contribution >= 4 is 9.52 Å². The minimum atomic E-state index is 0. The molecule has 0 fully saturated rings. The van der Waals surface area contributed by atoms with E-state index in [2.05, 4.69) is 63.4 Å². The standard InChI is InChI=1S/2C6H7.C2H7Si.2FH.Zr/c2*1-6-4-2-3-5-6;1-3-2;;;/h2*2,4H,3H2,1H3;3H,1-2H3;2*1H;/q2*-1;;;;+4/p-2. The number of halogens is 2. The molecule has 0 aromatic rings. The average molecular weight is 347 g/mol. The summed E-state index contributed by atoms with van der Waals surface area (Å²) in [6.07, 6.45) is 16.7. The van der Waals surface area contributed by atoms with Gasteiger partial charge < -0.3 is 9.41 Å². The van der Waals surface area contributed by atoms with Gasteiger partial charge in [-0.2, -0.15) is 12.2 Å². The van der Waals surface area contributed by atoms with Gasteiger partial charge in [-0.05, 0) is 0 Å². The van der Waals surface area contributed by atoms with E-state index in [1.807, 2.05) is 0 Å². The van der Waals surface area contributed by atoms with Crippen LogP contribution in [0.2, 0.25) is 13.1 Å². The van der Waals surface area contributed by atoms with Crippen LogP contribution >= 0.6 is 0 Å². The molecule has 0 saturated carbocycles. The van der Waals surface area contributed by atoms with Gasteiger partial charge in [0.15, 0.2) is 0 Å². The molecule has 0 aromatic carbocycles. The molecule has 4 heteroatoms. The van der Waals surface area contributed by atoms with Gasteiger partial charge in [-0.25, -0.2) is 23.3 Å². The molecule has 1 radical (unpaired) electrons. The molecule has 2 aliphatic rings. The maximum atomic E-state index is 3.12. The van der Waals surface area contributed by atoms with Crippen molar-refractivity contribution < 1.29 is 35.6 Å². The Morgan fingerprint density at radius 2 is 1.17 bits per heavy atom. The van der Waals surface area contributed by atoms with Gasteiger partial charge in [-0.15, -0.1) is 12.8 Å². The van der Waals surface area contributed by atoms with Crippen molar-refractivity contribution in [2.24, 2.45) is 0 Å². The van der Waals surface area contributed by atoms with Crippen molar-refractivity contribution in [3.05, 3.63) is 47.6 Å². The molecule has 0 bridgehead atoms. The zero-order valence-electron chi connectivity index (χ0n) is 11.6. The summed E-state index contributed by atoms with van der Waals surface area (Å²) in [4.78, 5) is 0. The summed E-state index contributed by atoms with van der Waals surface area (Å²) in [5.74, 6) is 0. The average Bonchev–Trinajstić information content (AvgIpc) is 2.81. The minimum Gasteiger partial charge on any atom is -1.00 e. The van der Waals surface area contributed by atoms with Crippen LogP contribution in [0.5, 0.6) is 0 Å². The third-order valence-electron chi connectivity index (χ3n) is 1.73. The van der Waals surface area contributed by atoms with Crippen LogP contribution in [0.15, 0.2) is 35.5 Å². The largest absolute Gasteiger partial charge is 4.00 e.